The van der Waals surface area contributed by atoms with E-state index in [4.69, 9.17) is 4.98 Å². The molecule has 0 unspecified atom stereocenters. The van der Waals surface area contributed by atoms with Crippen molar-refractivity contribution in [2.75, 3.05) is 0 Å². The second-order valence-electron chi connectivity index (χ2n) is 5.49. The molecular weight excluding hydrogens is 316 g/mol. The highest BCUT2D eigenvalue weighted by Gasteiger charge is 2.16. The van der Waals surface area contributed by atoms with Crippen LogP contribution >= 0.6 is 11.3 Å². The number of rotatable bonds is 2. The summed E-state index contributed by atoms with van der Waals surface area (Å²) < 4.78 is 3.92. The van der Waals surface area contributed by atoms with Gasteiger partial charge in [0, 0.05) is 24.2 Å². The van der Waals surface area contributed by atoms with Gasteiger partial charge in [0.2, 0.25) is 0 Å². The van der Waals surface area contributed by atoms with Crippen LogP contribution < -0.4 is 0 Å². The van der Waals surface area contributed by atoms with Gasteiger partial charge in [0.1, 0.15) is 11.4 Å². The predicted octanol–water partition coefficient (Wildman–Crippen LogP) is 3.76. The number of fused-ring (bicyclic) bond motifs is 1. The van der Waals surface area contributed by atoms with Crippen molar-refractivity contribution in [3.8, 4) is 23.1 Å². The van der Waals surface area contributed by atoms with Gasteiger partial charge in [0.15, 0.2) is 4.96 Å². The van der Waals surface area contributed by atoms with Crippen molar-refractivity contribution in [2.24, 2.45) is 7.05 Å². The molecule has 0 radical (unpaired) electrons. The minimum absolute atomic E-state index is 0.772. The lowest BCUT2D eigenvalue weighted by Gasteiger charge is -2.03. The molecule has 4 aromatic rings. The quantitative estimate of drug-likeness (QED) is 0.524. The molecule has 0 saturated carbocycles. The maximum absolute atomic E-state index is 4.78. The third-order valence-electron chi connectivity index (χ3n) is 3.85. The van der Waals surface area contributed by atoms with Gasteiger partial charge >= 0.3 is 0 Å². The number of aromatic nitrogens is 4. The summed E-state index contributed by atoms with van der Waals surface area (Å²) in [7, 11) is 1.89. The lowest BCUT2D eigenvalue weighted by molar-refractivity contribution is 0.764. The van der Waals surface area contributed by atoms with E-state index in [0.29, 0.717) is 0 Å². The Morgan fingerprint density at radius 2 is 1.96 bits per heavy atom. The highest BCUT2D eigenvalue weighted by atomic mass is 32.1. The summed E-state index contributed by atoms with van der Waals surface area (Å²) in [6, 6.07) is 12.3. The molecule has 1 aromatic carbocycles. The standard InChI is InChI=1S/C19H16N4S/c1-3-17-18(14-7-5-4-6-8-14)23-16(13-24-19(23)20-17)10-9-15-11-12-22(2)21-15/h4-8,11-13H,3H2,1-2H3. The molecule has 0 aliphatic heterocycles. The van der Waals surface area contributed by atoms with Gasteiger partial charge < -0.3 is 0 Å². The average molecular weight is 332 g/mol. The fraction of sp³-hybridized carbons (Fsp3) is 0.158. The Labute approximate surface area is 144 Å². The highest BCUT2D eigenvalue weighted by Crippen LogP contribution is 2.29. The molecule has 0 bridgehead atoms. The van der Waals surface area contributed by atoms with Gasteiger partial charge in [0.25, 0.3) is 0 Å². The fourth-order valence-electron chi connectivity index (χ4n) is 2.74. The molecule has 118 valence electrons. The zero-order chi connectivity index (χ0) is 16.5. The summed E-state index contributed by atoms with van der Waals surface area (Å²) in [6.07, 6.45) is 2.79. The molecule has 0 atom stereocenters. The van der Waals surface area contributed by atoms with Gasteiger partial charge in [-0.1, -0.05) is 37.3 Å². The van der Waals surface area contributed by atoms with Crippen LogP contribution in [0.1, 0.15) is 24.0 Å². The predicted molar refractivity (Wildman–Crippen MR) is 97.1 cm³/mol. The Balaban J connectivity index is 1.89. The van der Waals surface area contributed by atoms with Crippen molar-refractivity contribution < 1.29 is 0 Å². The van der Waals surface area contributed by atoms with Crippen LogP contribution in [0, 0.1) is 11.8 Å². The van der Waals surface area contributed by atoms with Gasteiger partial charge in [-0.15, -0.1) is 11.3 Å². The Morgan fingerprint density at radius 3 is 2.67 bits per heavy atom. The lowest BCUT2D eigenvalue weighted by Crippen LogP contribution is -1.93. The SMILES string of the molecule is CCc1nc2scc(C#Cc3ccn(C)n3)n2c1-c1ccccc1. The van der Waals surface area contributed by atoms with Crippen molar-refractivity contribution in [3.63, 3.8) is 0 Å². The molecule has 4 nitrogen and oxygen atoms in total. The van der Waals surface area contributed by atoms with Crippen molar-refractivity contribution in [1.82, 2.24) is 19.2 Å². The van der Waals surface area contributed by atoms with Crippen LogP contribution in [0.2, 0.25) is 0 Å². The van der Waals surface area contributed by atoms with E-state index in [9.17, 15) is 0 Å². The smallest absolute Gasteiger partial charge is 0.195 e. The summed E-state index contributed by atoms with van der Waals surface area (Å²) in [6.45, 7) is 2.14. The number of hydrogen-bond acceptors (Lipinski definition) is 3. The van der Waals surface area contributed by atoms with Crippen LogP contribution in [0.3, 0.4) is 0 Å². The summed E-state index contributed by atoms with van der Waals surface area (Å²) in [5.41, 5.74) is 5.13. The normalized spacial score (nSPS) is 10.8. The summed E-state index contributed by atoms with van der Waals surface area (Å²) in [4.78, 5) is 5.76. The topological polar surface area (TPSA) is 35.1 Å². The number of imidazole rings is 1. The third-order valence-corrected chi connectivity index (χ3v) is 4.68. The molecule has 0 fully saturated rings. The van der Waals surface area contributed by atoms with Gasteiger partial charge in [-0.2, -0.15) is 5.10 Å². The van der Waals surface area contributed by atoms with Crippen molar-refractivity contribution in [3.05, 3.63) is 65.1 Å². The largest absolute Gasteiger partial charge is 0.275 e. The Morgan fingerprint density at radius 1 is 1.12 bits per heavy atom. The summed E-state index contributed by atoms with van der Waals surface area (Å²) >= 11 is 1.62. The van der Waals surface area contributed by atoms with Gasteiger partial charge in [-0.05, 0) is 24.3 Å². The monoisotopic (exact) mass is 332 g/mol. The molecule has 0 amide bonds. The molecule has 0 N–H and O–H groups in total. The van der Waals surface area contributed by atoms with E-state index in [0.717, 1.165) is 34.2 Å². The number of nitrogens with zero attached hydrogens (tertiary/aromatic N) is 4. The van der Waals surface area contributed by atoms with E-state index in [-0.39, 0.29) is 0 Å². The van der Waals surface area contributed by atoms with Gasteiger partial charge in [-0.25, -0.2) is 4.98 Å². The van der Waals surface area contributed by atoms with Crippen molar-refractivity contribution in [2.45, 2.75) is 13.3 Å². The molecule has 0 saturated heterocycles. The Kier molecular flexibility index (Phi) is 3.68. The first-order valence-corrected chi connectivity index (χ1v) is 8.70. The molecule has 4 rings (SSSR count). The van der Waals surface area contributed by atoms with E-state index >= 15 is 0 Å². The molecule has 0 aliphatic carbocycles. The van der Waals surface area contributed by atoms with E-state index in [1.807, 2.05) is 25.4 Å². The molecule has 3 heterocycles. The highest BCUT2D eigenvalue weighted by molar-refractivity contribution is 7.15. The van der Waals surface area contributed by atoms with Crippen LogP contribution in [0.5, 0.6) is 0 Å². The van der Waals surface area contributed by atoms with E-state index in [2.05, 4.69) is 57.9 Å². The Hall–Kier alpha value is -2.84. The molecular formula is C19H16N4S. The van der Waals surface area contributed by atoms with Gasteiger partial charge in [-0.3, -0.25) is 9.08 Å². The fourth-order valence-corrected chi connectivity index (χ4v) is 3.58. The summed E-state index contributed by atoms with van der Waals surface area (Å²) in [5.74, 6) is 6.39. The molecule has 0 aliphatic rings. The van der Waals surface area contributed by atoms with Crippen LogP contribution in [-0.4, -0.2) is 19.2 Å². The second kappa shape index (κ2) is 5.99. The molecule has 0 spiro atoms. The van der Waals surface area contributed by atoms with Crippen LogP contribution in [-0.2, 0) is 13.5 Å². The first kappa shape index (κ1) is 14.7. The van der Waals surface area contributed by atoms with Crippen molar-refractivity contribution in [1.29, 1.82) is 0 Å². The first-order chi connectivity index (χ1) is 11.8. The number of benzene rings is 1. The van der Waals surface area contributed by atoms with Crippen LogP contribution in [0.4, 0.5) is 0 Å². The zero-order valence-corrected chi connectivity index (χ0v) is 14.3. The van der Waals surface area contributed by atoms with Crippen LogP contribution in [0.15, 0.2) is 48.0 Å². The summed E-state index contributed by atoms with van der Waals surface area (Å²) in [5, 5.41) is 6.37. The minimum atomic E-state index is 0.772. The number of aryl methyl sites for hydroxylation is 2. The average Bonchev–Trinajstić information content (AvgIpc) is 3.28. The van der Waals surface area contributed by atoms with E-state index < -0.39 is 0 Å². The second-order valence-corrected chi connectivity index (χ2v) is 6.33. The molecule has 3 aromatic heterocycles. The lowest BCUT2D eigenvalue weighted by atomic mass is 10.1. The molecule has 5 heteroatoms. The van der Waals surface area contributed by atoms with E-state index in [1.165, 1.54) is 5.56 Å². The number of thiazole rings is 1. The minimum Gasteiger partial charge on any atom is -0.275 e. The van der Waals surface area contributed by atoms with Crippen molar-refractivity contribution >= 4 is 16.3 Å². The van der Waals surface area contributed by atoms with E-state index in [1.54, 1.807) is 16.0 Å². The number of hydrogen-bond donors (Lipinski definition) is 0. The maximum atomic E-state index is 4.78. The third kappa shape index (κ3) is 2.51. The van der Waals surface area contributed by atoms with Crippen LogP contribution in [0.25, 0.3) is 16.2 Å². The Bertz CT molecular complexity index is 1060. The zero-order valence-electron chi connectivity index (χ0n) is 13.5. The first-order valence-electron chi connectivity index (χ1n) is 7.82. The maximum Gasteiger partial charge on any atom is 0.195 e. The van der Waals surface area contributed by atoms with Gasteiger partial charge in [0.05, 0.1) is 11.4 Å². The molecule has 24 heavy (non-hydrogen) atoms.